The molecule has 1 saturated heterocycles. The van der Waals surface area contributed by atoms with Gasteiger partial charge in [0.1, 0.15) is 11.6 Å². The molecule has 0 unspecified atom stereocenters. The molecule has 2 aliphatic rings. The highest BCUT2D eigenvalue weighted by Gasteiger charge is 2.35. The molecule has 0 spiro atoms. The minimum atomic E-state index is -0.905. The van der Waals surface area contributed by atoms with Crippen molar-refractivity contribution in [3.05, 3.63) is 39.4 Å². The van der Waals surface area contributed by atoms with E-state index in [1.807, 2.05) is 4.90 Å². The van der Waals surface area contributed by atoms with Crippen LogP contribution in [0, 0.1) is 17.0 Å². The van der Waals surface area contributed by atoms with Crippen molar-refractivity contribution < 1.29 is 14.5 Å². The maximum absolute atomic E-state index is 13.1. The maximum atomic E-state index is 13.1. The minimum absolute atomic E-state index is 0.122. The molecule has 1 aromatic heterocycles. The third-order valence-electron chi connectivity index (χ3n) is 5.60. The second kappa shape index (κ2) is 8.17. The molecule has 2 aromatic rings. The van der Waals surface area contributed by atoms with Crippen LogP contribution in [-0.2, 0) is 9.59 Å². The number of hydrogen-bond acceptors (Lipinski definition) is 8. The normalized spacial score (nSPS) is 18.2. The van der Waals surface area contributed by atoms with Gasteiger partial charge in [0.05, 0.1) is 22.1 Å². The Balaban J connectivity index is 1.65. The van der Waals surface area contributed by atoms with Crippen LogP contribution in [0.2, 0.25) is 0 Å². The van der Waals surface area contributed by atoms with Crippen LogP contribution >= 0.6 is 0 Å². The minimum Gasteiger partial charge on any atom is -0.383 e. The molecular formula is C20H23N7O4. The molecule has 2 amide bonds. The lowest BCUT2D eigenvalue weighted by molar-refractivity contribution is -0.384. The number of piperidine rings is 1. The molecule has 162 valence electrons. The van der Waals surface area contributed by atoms with Gasteiger partial charge in [0.25, 0.3) is 5.69 Å². The number of nitrogens with two attached hydrogens (primary N) is 1. The average molecular weight is 425 g/mol. The Bertz CT molecular complexity index is 1070. The number of aromatic nitrogens is 2. The van der Waals surface area contributed by atoms with Crippen LogP contribution in [0.1, 0.15) is 42.7 Å². The van der Waals surface area contributed by atoms with Crippen molar-refractivity contribution in [3.63, 3.8) is 0 Å². The first-order valence-electron chi connectivity index (χ1n) is 10.1. The monoisotopic (exact) mass is 425 g/mol. The SMILES string of the molecule is Cc1ccc([N+](=O)[O-])cc1NC(=O)[C@H]1CC(=O)Nc2nc(N3CCCCC3)nc(N)c21. The Hall–Kier alpha value is -3.76. The number of amides is 2. The third kappa shape index (κ3) is 4.11. The van der Waals surface area contributed by atoms with Crippen LogP contribution < -0.4 is 21.3 Å². The number of aryl methyl sites for hydroxylation is 1. The number of nitro benzene ring substituents is 1. The fourth-order valence-corrected chi connectivity index (χ4v) is 3.92. The van der Waals surface area contributed by atoms with Crippen molar-refractivity contribution in [2.24, 2.45) is 0 Å². The van der Waals surface area contributed by atoms with Gasteiger partial charge in [0, 0.05) is 31.6 Å². The number of benzene rings is 1. The van der Waals surface area contributed by atoms with E-state index in [1.54, 1.807) is 13.0 Å². The summed E-state index contributed by atoms with van der Waals surface area (Å²) in [6, 6.07) is 4.20. The summed E-state index contributed by atoms with van der Waals surface area (Å²) in [5.74, 6) is -0.946. The molecule has 4 rings (SSSR count). The van der Waals surface area contributed by atoms with Crippen molar-refractivity contribution in [2.45, 2.75) is 38.5 Å². The first-order chi connectivity index (χ1) is 14.8. The lowest BCUT2D eigenvalue weighted by atomic mass is 9.91. The topological polar surface area (TPSA) is 156 Å². The quantitative estimate of drug-likeness (QED) is 0.498. The van der Waals surface area contributed by atoms with Crippen molar-refractivity contribution >= 4 is 40.8 Å². The van der Waals surface area contributed by atoms with Gasteiger partial charge in [-0.1, -0.05) is 6.07 Å². The van der Waals surface area contributed by atoms with Crippen LogP contribution in [0.25, 0.3) is 0 Å². The summed E-state index contributed by atoms with van der Waals surface area (Å²) in [6.45, 7) is 3.34. The zero-order chi connectivity index (χ0) is 22.1. The van der Waals surface area contributed by atoms with Gasteiger partial charge in [0.2, 0.25) is 17.8 Å². The Kier molecular flexibility index (Phi) is 5.40. The second-order valence-corrected chi connectivity index (χ2v) is 7.77. The maximum Gasteiger partial charge on any atom is 0.271 e. The van der Waals surface area contributed by atoms with Gasteiger partial charge in [-0.3, -0.25) is 19.7 Å². The van der Waals surface area contributed by atoms with Gasteiger partial charge in [-0.25, -0.2) is 0 Å². The van der Waals surface area contributed by atoms with E-state index in [1.165, 1.54) is 12.1 Å². The number of anilines is 4. The van der Waals surface area contributed by atoms with Crippen LogP contribution in [-0.4, -0.2) is 39.8 Å². The molecule has 0 aliphatic carbocycles. The Morgan fingerprint density at radius 2 is 2.03 bits per heavy atom. The van der Waals surface area contributed by atoms with Crippen molar-refractivity contribution in [2.75, 3.05) is 34.4 Å². The molecule has 11 nitrogen and oxygen atoms in total. The van der Waals surface area contributed by atoms with Crippen molar-refractivity contribution in [3.8, 4) is 0 Å². The van der Waals surface area contributed by atoms with Gasteiger partial charge < -0.3 is 21.3 Å². The van der Waals surface area contributed by atoms with Crippen molar-refractivity contribution in [1.82, 2.24) is 9.97 Å². The smallest absolute Gasteiger partial charge is 0.271 e. The van der Waals surface area contributed by atoms with Gasteiger partial charge in [-0.05, 0) is 31.7 Å². The van der Waals surface area contributed by atoms with E-state index < -0.39 is 16.7 Å². The number of fused-ring (bicyclic) bond motifs is 1. The average Bonchev–Trinajstić information content (AvgIpc) is 2.74. The highest BCUT2D eigenvalue weighted by atomic mass is 16.6. The lowest BCUT2D eigenvalue weighted by Crippen LogP contribution is -2.35. The molecular weight excluding hydrogens is 402 g/mol. The van der Waals surface area contributed by atoms with Gasteiger partial charge >= 0.3 is 0 Å². The van der Waals surface area contributed by atoms with Crippen LogP contribution in [0.4, 0.5) is 29.0 Å². The zero-order valence-electron chi connectivity index (χ0n) is 17.1. The number of non-ortho nitro benzene ring substituents is 1. The summed E-state index contributed by atoms with van der Waals surface area (Å²) in [4.78, 5) is 46.8. The van der Waals surface area contributed by atoms with E-state index in [4.69, 9.17) is 5.73 Å². The fourth-order valence-electron chi connectivity index (χ4n) is 3.92. The number of nitrogens with one attached hydrogen (secondary N) is 2. The van der Waals surface area contributed by atoms with E-state index in [-0.39, 0.29) is 29.7 Å². The van der Waals surface area contributed by atoms with Crippen LogP contribution in [0.5, 0.6) is 0 Å². The van der Waals surface area contributed by atoms with Crippen LogP contribution in [0.3, 0.4) is 0 Å². The summed E-state index contributed by atoms with van der Waals surface area (Å²) in [5.41, 5.74) is 7.39. The highest BCUT2D eigenvalue weighted by Crippen LogP contribution is 2.37. The molecule has 3 heterocycles. The number of nitro groups is 1. The fraction of sp³-hybridized carbons (Fsp3) is 0.400. The molecule has 1 fully saturated rings. The predicted octanol–water partition coefficient (Wildman–Crippen LogP) is 2.33. The number of carbonyl (C=O) groups is 2. The summed E-state index contributed by atoms with van der Waals surface area (Å²) in [5, 5.41) is 16.5. The molecule has 0 radical (unpaired) electrons. The van der Waals surface area contributed by atoms with Gasteiger partial charge in [0.15, 0.2) is 0 Å². The van der Waals surface area contributed by atoms with E-state index in [0.29, 0.717) is 22.8 Å². The Labute approximate surface area is 178 Å². The van der Waals surface area contributed by atoms with Gasteiger partial charge in [-0.15, -0.1) is 0 Å². The number of carbonyl (C=O) groups excluding carboxylic acids is 2. The van der Waals surface area contributed by atoms with E-state index >= 15 is 0 Å². The van der Waals surface area contributed by atoms with E-state index in [2.05, 4.69) is 20.6 Å². The molecule has 0 saturated carbocycles. The summed E-state index contributed by atoms with van der Waals surface area (Å²) in [7, 11) is 0. The molecule has 11 heteroatoms. The van der Waals surface area contributed by atoms with E-state index in [9.17, 15) is 19.7 Å². The first-order valence-corrected chi connectivity index (χ1v) is 10.1. The predicted molar refractivity (Wildman–Crippen MR) is 115 cm³/mol. The standard InChI is InChI=1S/C20H23N7O4/c1-11-5-6-12(27(30)31)9-14(11)22-19(29)13-10-15(28)23-18-16(13)17(21)24-20(25-18)26-7-3-2-4-8-26/h5-6,9,13H,2-4,7-8,10H2,1H3,(H,22,29)(H3,21,23,24,25,28)/t13-/m0/s1. The number of hydrogen-bond donors (Lipinski definition) is 3. The second-order valence-electron chi connectivity index (χ2n) is 7.77. The Morgan fingerprint density at radius 1 is 1.29 bits per heavy atom. The summed E-state index contributed by atoms with van der Waals surface area (Å²) < 4.78 is 0. The molecule has 1 atom stereocenters. The molecule has 4 N–H and O–H groups in total. The molecule has 1 aromatic carbocycles. The largest absolute Gasteiger partial charge is 0.383 e. The van der Waals surface area contributed by atoms with E-state index in [0.717, 1.165) is 32.4 Å². The van der Waals surface area contributed by atoms with Gasteiger partial charge in [-0.2, -0.15) is 9.97 Å². The summed E-state index contributed by atoms with van der Waals surface area (Å²) >= 11 is 0. The summed E-state index contributed by atoms with van der Waals surface area (Å²) in [6.07, 6.45) is 3.08. The number of rotatable bonds is 4. The lowest BCUT2D eigenvalue weighted by Gasteiger charge is -2.30. The molecule has 2 aliphatic heterocycles. The number of nitrogens with zero attached hydrogens (tertiary/aromatic N) is 4. The first kappa shape index (κ1) is 20.5. The molecule has 31 heavy (non-hydrogen) atoms. The zero-order valence-corrected chi connectivity index (χ0v) is 17.1. The van der Waals surface area contributed by atoms with Crippen LogP contribution in [0.15, 0.2) is 18.2 Å². The number of nitrogen functional groups attached to an aromatic ring is 1. The third-order valence-corrected chi connectivity index (χ3v) is 5.60. The Morgan fingerprint density at radius 3 is 2.74 bits per heavy atom. The van der Waals surface area contributed by atoms with Crippen molar-refractivity contribution in [1.29, 1.82) is 0 Å². The molecule has 0 bridgehead atoms. The highest BCUT2D eigenvalue weighted by molar-refractivity contribution is 6.06.